The monoisotopic (exact) mass is 532 g/mol. The lowest BCUT2D eigenvalue weighted by Crippen LogP contribution is -2.46. The third-order valence-corrected chi connectivity index (χ3v) is 9.53. The van der Waals surface area contributed by atoms with Gasteiger partial charge >= 0.3 is 0 Å². The second kappa shape index (κ2) is 11.5. The molecule has 1 saturated carbocycles. The van der Waals surface area contributed by atoms with E-state index in [1.165, 1.54) is 44.1 Å². The number of piperidine rings is 2. The first-order valence-electron chi connectivity index (χ1n) is 15.0. The summed E-state index contributed by atoms with van der Waals surface area (Å²) in [6, 6.07) is 7.69. The summed E-state index contributed by atoms with van der Waals surface area (Å²) in [6.45, 7) is 8.69. The number of H-pyrrole nitrogens is 1. The van der Waals surface area contributed by atoms with Crippen molar-refractivity contribution in [3.63, 3.8) is 0 Å². The Labute approximate surface area is 231 Å². The van der Waals surface area contributed by atoms with Gasteiger partial charge in [0.15, 0.2) is 0 Å². The number of likely N-dealkylation sites (tertiary alicyclic amines) is 1. The van der Waals surface area contributed by atoms with Gasteiger partial charge in [-0.3, -0.25) is 14.8 Å². The van der Waals surface area contributed by atoms with Gasteiger partial charge in [-0.05, 0) is 108 Å². The van der Waals surface area contributed by atoms with E-state index in [2.05, 4.69) is 37.3 Å². The van der Waals surface area contributed by atoms with Crippen molar-refractivity contribution in [2.45, 2.75) is 96.0 Å². The number of aryl methyl sites for hydroxylation is 2. The van der Waals surface area contributed by atoms with E-state index in [0.717, 1.165) is 66.7 Å². The van der Waals surface area contributed by atoms with Gasteiger partial charge in [0.2, 0.25) is 0 Å². The average molecular weight is 533 g/mol. The Bertz CT molecular complexity index is 1340. The summed E-state index contributed by atoms with van der Waals surface area (Å²) in [5.74, 6) is 0.479. The zero-order valence-electron chi connectivity index (χ0n) is 23.5. The van der Waals surface area contributed by atoms with Gasteiger partial charge in [-0.2, -0.15) is 5.10 Å². The van der Waals surface area contributed by atoms with Crippen LogP contribution in [0.5, 0.6) is 0 Å². The Kier molecular flexibility index (Phi) is 7.89. The van der Waals surface area contributed by atoms with Crippen LogP contribution in [0.15, 0.2) is 29.2 Å². The van der Waals surface area contributed by atoms with Crippen LogP contribution in [-0.2, 0) is 6.54 Å². The molecule has 1 aromatic carbocycles. The molecular formula is C31H44N6O2. The van der Waals surface area contributed by atoms with Crippen molar-refractivity contribution in [3.8, 4) is 0 Å². The molecule has 0 bridgehead atoms. The minimum absolute atomic E-state index is 0.0966. The maximum absolute atomic E-state index is 12.6. The first kappa shape index (κ1) is 26.7. The van der Waals surface area contributed by atoms with E-state index >= 15 is 0 Å². The number of aromatic amines is 1. The molecule has 0 amide bonds. The Morgan fingerprint density at radius 3 is 2.49 bits per heavy atom. The van der Waals surface area contributed by atoms with Gasteiger partial charge in [0.05, 0.1) is 17.8 Å². The molecule has 8 nitrogen and oxygen atoms in total. The highest BCUT2D eigenvalue weighted by Gasteiger charge is 2.29. The fraction of sp³-hybridized carbons (Fsp3) is 0.613. The molecule has 4 heterocycles. The zero-order valence-corrected chi connectivity index (χ0v) is 23.5. The third kappa shape index (κ3) is 5.57. The maximum Gasteiger partial charge on any atom is 0.252 e. The number of aromatic nitrogens is 3. The van der Waals surface area contributed by atoms with Crippen molar-refractivity contribution in [2.24, 2.45) is 0 Å². The van der Waals surface area contributed by atoms with Crippen LogP contribution in [0.2, 0.25) is 0 Å². The van der Waals surface area contributed by atoms with Gasteiger partial charge in [-0.15, -0.1) is 0 Å². The van der Waals surface area contributed by atoms with Crippen LogP contribution in [0, 0.1) is 13.8 Å². The lowest BCUT2D eigenvalue weighted by atomic mass is 9.86. The van der Waals surface area contributed by atoms with Gasteiger partial charge in [0.1, 0.15) is 6.23 Å². The Balaban J connectivity index is 1.27. The fourth-order valence-corrected chi connectivity index (χ4v) is 7.28. The van der Waals surface area contributed by atoms with Crippen LogP contribution >= 0.6 is 0 Å². The van der Waals surface area contributed by atoms with Gasteiger partial charge < -0.3 is 20.3 Å². The number of fused-ring (bicyclic) bond motifs is 1. The van der Waals surface area contributed by atoms with Crippen LogP contribution in [0.25, 0.3) is 10.9 Å². The van der Waals surface area contributed by atoms with Crippen molar-refractivity contribution < 1.29 is 5.11 Å². The first-order valence-corrected chi connectivity index (χ1v) is 15.0. The number of nitrogens with zero attached hydrogens (tertiary/aromatic N) is 3. The lowest BCUT2D eigenvalue weighted by Gasteiger charge is -2.39. The quantitative estimate of drug-likeness (QED) is 0.341. The molecule has 2 saturated heterocycles. The standard InChI is InChI=1S/C31H44N6O2/c1-20-15-21(2)35-31(39)27(20)18-33-30(38)26-16-23(17-29-28(26)19-34-37(29)25-5-3-4-6-25)22-9-13-36(14-10-22)24-7-11-32-12-8-24/h15-17,19,22,24-25,30,32-33,38H,3-14,18H2,1-2H3,(H,35,39). The van der Waals surface area contributed by atoms with E-state index in [0.29, 0.717) is 30.1 Å². The number of pyridine rings is 1. The molecule has 3 aliphatic rings. The first-order chi connectivity index (χ1) is 19.0. The predicted octanol–water partition coefficient (Wildman–Crippen LogP) is 4.17. The summed E-state index contributed by atoms with van der Waals surface area (Å²) in [7, 11) is 0. The summed E-state index contributed by atoms with van der Waals surface area (Å²) < 4.78 is 2.22. The summed E-state index contributed by atoms with van der Waals surface area (Å²) >= 11 is 0. The van der Waals surface area contributed by atoms with Gasteiger partial charge in [-0.25, -0.2) is 0 Å². The largest absolute Gasteiger partial charge is 0.374 e. The highest BCUT2D eigenvalue weighted by molar-refractivity contribution is 5.84. The molecule has 0 spiro atoms. The molecule has 8 heteroatoms. The molecular weight excluding hydrogens is 488 g/mol. The van der Waals surface area contributed by atoms with Gasteiger partial charge in [0, 0.05) is 34.8 Å². The van der Waals surface area contributed by atoms with Crippen molar-refractivity contribution in [2.75, 3.05) is 26.2 Å². The second-order valence-electron chi connectivity index (χ2n) is 12.1. The molecule has 2 aliphatic heterocycles. The highest BCUT2D eigenvalue weighted by atomic mass is 16.3. The molecule has 1 aliphatic carbocycles. The lowest BCUT2D eigenvalue weighted by molar-refractivity contribution is 0.126. The number of aliphatic hydroxyl groups is 1. The molecule has 39 heavy (non-hydrogen) atoms. The van der Waals surface area contributed by atoms with E-state index in [1.54, 1.807) is 0 Å². The van der Waals surface area contributed by atoms with Crippen LogP contribution in [0.1, 0.15) is 97.5 Å². The number of benzene rings is 1. The molecule has 3 fully saturated rings. The molecule has 0 radical (unpaired) electrons. The number of hydrogen-bond acceptors (Lipinski definition) is 6. The highest BCUT2D eigenvalue weighted by Crippen LogP contribution is 2.37. The zero-order chi connectivity index (χ0) is 26.9. The normalized spacial score (nSPS) is 21.2. The fourth-order valence-electron chi connectivity index (χ4n) is 7.28. The minimum atomic E-state index is -0.886. The molecule has 1 unspecified atom stereocenters. The Morgan fingerprint density at radius 1 is 1.03 bits per heavy atom. The molecule has 6 rings (SSSR count). The summed E-state index contributed by atoms with van der Waals surface area (Å²) in [6.07, 6.45) is 10.7. The predicted molar refractivity (Wildman–Crippen MR) is 155 cm³/mol. The molecule has 2 aromatic heterocycles. The van der Waals surface area contributed by atoms with Crippen LogP contribution in [0.3, 0.4) is 0 Å². The summed E-state index contributed by atoms with van der Waals surface area (Å²) in [5.41, 5.74) is 5.67. The minimum Gasteiger partial charge on any atom is -0.374 e. The van der Waals surface area contributed by atoms with E-state index in [9.17, 15) is 9.90 Å². The van der Waals surface area contributed by atoms with Gasteiger partial charge in [-0.1, -0.05) is 18.9 Å². The number of nitrogens with one attached hydrogen (secondary N) is 3. The SMILES string of the molecule is Cc1cc(C)c(CNC(O)c2cc(C3CCN(C4CCNCC4)CC3)cc3c2cnn3C2CCCC2)c(=O)[nH]1. The number of hydrogen-bond donors (Lipinski definition) is 4. The van der Waals surface area contributed by atoms with Gasteiger partial charge in [0.25, 0.3) is 5.56 Å². The van der Waals surface area contributed by atoms with Crippen LogP contribution in [0.4, 0.5) is 0 Å². The van der Waals surface area contributed by atoms with E-state index in [-0.39, 0.29) is 5.56 Å². The average Bonchev–Trinajstić information content (AvgIpc) is 3.62. The van der Waals surface area contributed by atoms with E-state index < -0.39 is 6.23 Å². The van der Waals surface area contributed by atoms with Crippen molar-refractivity contribution in [3.05, 3.63) is 62.7 Å². The Hall–Kier alpha value is -2.52. The van der Waals surface area contributed by atoms with E-state index in [1.807, 2.05) is 26.1 Å². The smallest absolute Gasteiger partial charge is 0.252 e. The van der Waals surface area contributed by atoms with E-state index in [4.69, 9.17) is 5.10 Å². The van der Waals surface area contributed by atoms with Crippen molar-refractivity contribution in [1.29, 1.82) is 0 Å². The number of aliphatic hydroxyl groups excluding tert-OH is 1. The Morgan fingerprint density at radius 2 is 1.77 bits per heavy atom. The van der Waals surface area contributed by atoms with Crippen molar-refractivity contribution >= 4 is 10.9 Å². The van der Waals surface area contributed by atoms with Crippen LogP contribution < -0.4 is 16.2 Å². The molecule has 1 atom stereocenters. The third-order valence-electron chi connectivity index (χ3n) is 9.53. The maximum atomic E-state index is 12.6. The number of rotatable bonds is 7. The molecule has 3 aromatic rings. The summed E-state index contributed by atoms with van der Waals surface area (Å²) in [4.78, 5) is 18.2. The summed E-state index contributed by atoms with van der Waals surface area (Å²) in [5, 5.41) is 24.0. The molecule has 4 N–H and O–H groups in total. The van der Waals surface area contributed by atoms with Crippen LogP contribution in [-0.4, -0.2) is 57.0 Å². The van der Waals surface area contributed by atoms with Crippen molar-refractivity contribution in [1.82, 2.24) is 30.3 Å². The second-order valence-corrected chi connectivity index (χ2v) is 12.1. The topological polar surface area (TPSA) is 98.2 Å². The molecule has 210 valence electrons.